The van der Waals surface area contributed by atoms with Crippen molar-refractivity contribution in [2.45, 2.75) is 12.7 Å². The fourth-order valence-corrected chi connectivity index (χ4v) is 2.81. The molecule has 1 N–H and O–H groups in total. The lowest BCUT2D eigenvalue weighted by Gasteiger charge is -2.08. The molecule has 0 amide bonds. The number of hydrogen-bond donors (Lipinski definition) is 1. The number of aryl methyl sites for hydroxylation is 1. The fraction of sp³-hybridized carbons (Fsp3) is 0.250. The van der Waals surface area contributed by atoms with Crippen LogP contribution in [-0.4, -0.2) is 28.7 Å². The van der Waals surface area contributed by atoms with Crippen LogP contribution in [0.5, 0.6) is 0 Å². The van der Waals surface area contributed by atoms with Crippen LogP contribution in [0.25, 0.3) is 0 Å². The number of anilines is 2. The lowest BCUT2D eigenvalue weighted by molar-refractivity contribution is -0.385. The third kappa shape index (κ3) is 4.95. The van der Waals surface area contributed by atoms with E-state index < -0.39 is 4.92 Å². The van der Waals surface area contributed by atoms with Crippen LogP contribution < -0.4 is 5.32 Å². The Morgan fingerprint density at radius 1 is 1.42 bits per heavy atom. The molecule has 0 saturated carbocycles. The molecule has 0 spiro atoms. The van der Waals surface area contributed by atoms with Gasteiger partial charge in [-0.1, -0.05) is 12.1 Å². The molecule has 1 aromatic heterocycles. The van der Waals surface area contributed by atoms with Gasteiger partial charge in [0.05, 0.1) is 17.8 Å². The molecule has 2 rings (SSSR count). The first-order valence-corrected chi connectivity index (χ1v) is 8.26. The number of aromatic nitrogens is 1. The van der Waals surface area contributed by atoms with Crippen molar-refractivity contribution in [3.8, 4) is 0 Å². The first-order chi connectivity index (χ1) is 11.5. The van der Waals surface area contributed by atoms with E-state index in [1.54, 1.807) is 13.0 Å². The number of nitrogens with one attached hydrogen (secondary N) is 1. The van der Waals surface area contributed by atoms with Gasteiger partial charge in [0.25, 0.3) is 5.69 Å². The predicted molar refractivity (Wildman–Crippen MR) is 93.5 cm³/mol. The second-order valence-electron chi connectivity index (χ2n) is 5.01. The summed E-state index contributed by atoms with van der Waals surface area (Å²) in [5.74, 6) is 1.27. The molecule has 2 aromatic rings. The molecule has 7 nitrogen and oxygen atoms in total. The Hall–Kier alpha value is -2.61. The van der Waals surface area contributed by atoms with Crippen molar-refractivity contribution in [3.05, 3.63) is 57.8 Å². The van der Waals surface area contributed by atoms with Gasteiger partial charge in [-0.05, 0) is 30.7 Å². The zero-order valence-corrected chi connectivity index (χ0v) is 14.1. The summed E-state index contributed by atoms with van der Waals surface area (Å²) >= 11 is 1.47. The lowest BCUT2D eigenvalue weighted by Crippen LogP contribution is -2.03. The Kier molecular flexibility index (Phi) is 6.14. The van der Waals surface area contributed by atoms with Gasteiger partial charge in [0.1, 0.15) is 12.0 Å². The molecule has 0 radical (unpaired) electrons. The Labute approximate surface area is 143 Å². The van der Waals surface area contributed by atoms with Crippen molar-refractivity contribution in [1.82, 2.24) is 4.98 Å². The van der Waals surface area contributed by atoms with E-state index in [2.05, 4.69) is 15.0 Å². The number of benzene rings is 1. The average molecular weight is 347 g/mol. The minimum Gasteiger partial charge on any atom is -0.468 e. The topological polar surface area (TPSA) is 94.4 Å². The molecule has 1 aromatic carbocycles. The van der Waals surface area contributed by atoms with E-state index in [1.165, 1.54) is 25.1 Å². The van der Waals surface area contributed by atoms with Crippen LogP contribution in [-0.2, 0) is 15.3 Å². The molecule has 0 saturated heterocycles. The highest BCUT2D eigenvalue weighted by molar-refractivity contribution is 7.99. The number of rotatable bonds is 7. The van der Waals surface area contributed by atoms with E-state index in [9.17, 15) is 14.9 Å². The summed E-state index contributed by atoms with van der Waals surface area (Å²) in [5, 5.41) is 13.9. The molecule has 0 fully saturated rings. The Balaban J connectivity index is 2.02. The minimum absolute atomic E-state index is 0.00601. The largest absolute Gasteiger partial charge is 0.468 e. The summed E-state index contributed by atoms with van der Waals surface area (Å²) in [4.78, 5) is 25.5. The lowest BCUT2D eigenvalue weighted by atomic mass is 10.2. The zero-order chi connectivity index (χ0) is 17.5. The monoisotopic (exact) mass is 347 g/mol. The van der Waals surface area contributed by atoms with Crippen LogP contribution >= 0.6 is 11.8 Å². The number of carbonyl (C=O) groups is 1. The van der Waals surface area contributed by atoms with Crippen molar-refractivity contribution in [3.63, 3.8) is 0 Å². The maximum Gasteiger partial charge on any atom is 0.315 e. The highest BCUT2D eigenvalue weighted by Gasteiger charge is 2.11. The molecule has 8 heteroatoms. The Bertz CT molecular complexity index is 752. The van der Waals surface area contributed by atoms with Crippen molar-refractivity contribution in [2.75, 3.05) is 18.2 Å². The second kappa shape index (κ2) is 8.30. The average Bonchev–Trinajstić information content (AvgIpc) is 2.54. The number of nitrogens with zero attached hydrogens (tertiary/aromatic N) is 2. The summed E-state index contributed by atoms with van der Waals surface area (Å²) in [6, 6.07) is 9.32. The van der Waals surface area contributed by atoms with Crippen molar-refractivity contribution >= 4 is 34.9 Å². The number of hydrogen-bond acceptors (Lipinski definition) is 7. The standard InChI is InChI=1S/C16H17N3O4S/c1-11-6-15(17-8-14(11)19(21)22)18-13-5-3-4-12(7-13)9-24-10-16(20)23-2/h3-8H,9-10H2,1-2H3,(H,17,18). The van der Waals surface area contributed by atoms with Crippen LogP contribution in [0.2, 0.25) is 0 Å². The van der Waals surface area contributed by atoms with Crippen LogP contribution in [0, 0.1) is 17.0 Å². The first kappa shape index (κ1) is 17.7. The number of pyridine rings is 1. The van der Waals surface area contributed by atoms with Crippen LogP contribution in [0.4, 0.5) is 17.2 Å². The van der Waals surface area contributed by atoms with E-state index in [4.69, 9.17) is 0 Å². The number of methoxy groups -OCH3 is 1. The molecule has 0 aliphatic carbocycles. The molecule has 0 unspecified atom stereocenters. The van der Waals surface area contributed by atoms with Gasteiger partial charge in [-0.15, -0.1) is 11.8 Å². The minimum atomic E-state index is -0.453. The first-order valence-electron chi connectivity index (χ1n) is 7.11. The second-order valence-corrected chi connectivity index (χ2v) is 5.99. The third-order valence-corrected chi connectivity index (χ3v) is 4.17. The molecular weight excluding hydrogens is 330 g/mol. The van der Waals surface area contributed by atoms with Gasteiger partial charge < -0.3 is 10.1 Å². The highest BCUT2D eigenvalue weighted by Crippen LogP contribution is 2.23. The van der Waals surface area contributed by atoms with Gasteiger partial charge in [0.15, 0.2) is 0 Å². The summed E-state index contributed by atoms with van der Waals surface area (Å²) < 4.78 is 4.60. The van der Waals surface area contributed by atoms with Crippen molar-refractivity contribution < 1.29 is 14.5 Å². The Morgan fingerprint density at radius 3 is 2.88 bits per heavy atom. The van der Waals surface area contributed by atoms with Crippen molar-refractivity contribution in [2.24, 2.45) is 0 Å². The number of thioether (sulfide) groups is 1. The van der Waals surface area contributed by atoms with E-state index in [1.807, 2.05) is 24.3 Å². The number of carbonyl (C=O) groups excluding carboxylic acids is 1. The number of ether oxygens (including phenoxy) is 1. The predicted octanol–water partition coefficient (Wildman–Crippen LogP) is 3.45. The van der Waals surface area contributed by atoms with E-state index in [-0.39, 0.29) is 11.7 Å². The van der Waals surface area contributed by atoms with Crippen LogP contribution in [0.15, 0.2) is 36.5 Å². The fourth-order valence-electron chi connectivity index (χ4n) is 2.01. The molecule has 0 bridgehead atoms. The Morgan fingerprint density at radius 2 is 2.21 bits per heavy atom. The molecular formula is C16H17N3O4S. The van der Waals surface area contributed by atoms with Gasteiger partial charge in [-0.2, -0.15) is 0 Å². The van der Waals surface area contributed by atoms with Gasteiger partial charge in [0.2, 0.25) is 0 Å². The maximum atomic E-state index is 11.1. The van der Waals surface area contributed by atoms with Crippen LogP contribution in [0.1, 0.15) is 11.1 Å². The molecule has 126 valence electrons. The highest BCUT2D eigenvalue weighted by atomic mass is 32.2. The number of esters is 1. The summed E-state index contributed by atoms with van der Waals surface area (Å²) in [6.45, 7) is 1.67. The molecule has 0 atom stereocenters. The van der Waals surface area contributed by atoms with Gasteiger partial charge in [-0.25, -0.2) is 4.98 Å². The van der Waals surface area contributed by atoms with E-state index in [0.717, 1.165) is 11.3 Å². The molecule has 1 heterocycles. The van der Waals surface area contributed by atoms with Crippen molar-refractivity contribution in [1.29, 1.82) is 0 Å². The van der Waals surface area contributed by atoms with Gasteiger partial charge in [-0.3, -0.25) is 14.9 Å². The third-order valence-electron chi connectivity index (χ3n) is 3.20. The molecule has 0 aliphatic rings. The summed E-state index contributed by atoms with van der Waals surface area (Å²) in [6.07, 6.45) is 1.24. The van der Waals surface area contributed by atoms with Crippen LogP contribution in [0.3, 0.4) is 0 Å². The summed E-state index contributed by atoms with van der Waals surface area (Å²) in [5.41, 5.74) is 2.41. The smallest absolute Gasteiger partial charge is 0.315 e. The quantitative estimate of drug-likeness (QED) is 0.465. The molecule has 24 heavy (non-hydrogen) atoms. The van der Waals surface area contributed by atoms with Gasteiger partial charge in [0, 0.05) is 17.0 Å². The summed E-state index contributed by atoms with van der Waals surface area (Å²) in [7, 11) is 1.37. The van der Waals surface area contributed by atoms with E-state index in [0.29, 0.717) is 22.9 Å². The SMILES string of the molecule is COC(=O)CSCc1cccc(Nc2cc(C)c([N+](=O)[O-])cn2)c1. The normalized spacial score (nSPS) is 10.2. The number of nitro groups is 1. The van der Waals surface area contributed by atoms with Gasteiger partial charge >= 0.3 is 5.97 Å². The zero-order valence-electron chi connectivity index (χ0n) is 13.3. The van der Waals surface area contributed by atoms with E-state index >= 15 is 0 Å². The molecule has 0 aliphatic heterocycles. The maximum absolute atomic E-state index is 11.1.